The molecule has 1 aromatic carbocycles. The predicted octanol–water partition coefficient (Wildman–Crippen LogP) is 2.29. The fourth-order valence-corrected chi connectivity index (χ4v) is 3.32. The predicted molar refractivity (Wildman–Crippen MR) is 97.3 cm³/mol. The zero-order chi connectivity index (χ0) is 17.2. The van der Waals surface area contributed by atoms with E-state index in [2.05, 4.69) is 44.9 Å². The molecule has 0 bridgehead atoms. The van der Waals surface area contributed by atoms with Gasteiger partial charge in [-0.25, -0.2) is 5.43 Å². The fourth-order valence-electron chi connectivity index (χ4n) is 3.32. The van der Waals surface area contributed by atoms with Crippen LogP contribution in [0.1, 0.15) is 29.8 Å². The lowest BCUT2D eigenvalue weighted by molar-refractivity contribution is -0.123. The Labute approximate surface area is 145 Å². The summed E-state index contributed by atoms with van der Waals surface area (Å²) >= 11 is 0. The average molecular weight is 333 g/mol. The summed E-state index contributed by atoms with van der Waals surface area (Å²) in [5, 5.41) is 8.59. The number of carbonyl (C=O) groups is 1. The van der Waals surface area contributed by atoms with Crippen LogP contribution in [0.25, 0.3) is 10.9 Å². The number of nitrogens with zero attached hydrogens (tertiary/aromatic N) is 2. The van der Waals surface area contributed by atoms with Crippen LogP contribution in [0.5, 0.6) is 0 Å². The van der Waals surface area contributed by atoms with Gasteiger partial charge in [-0.2, -0.15) is 5.10 Å². The normalized spacial score (nSPS) is 19.9. The van der Waals surface area contributed by atoms with Crippen LogP contribution < -0.4 is 10.7 Å². The second kappa shape index (κ2) is 6.49. The molecule has 0 fully saturated rings. The number of rotatable bonds is 3. The van der Waals surface area contributed by atoms with Crippen molar-refractivity contribution in [3.05, 3.63) is 65.6 Å². The number of H-pyrrole nitrogens is 1. The number of pyridine rings is 1. The van der Waals surface area contributed by atoms with E-state index >= 15 is 0 Å². The Bertz CT molecular complexity index is 931. The smallest absolute Gasteiger partial charge is 0.257 e. The molecule has 0 saturated carbocycles. The molecule has 0 unspecified atom stereocenters. The average Bonchev–Trinajstić information content (AvgIpc) is 3.02. The van der Waals surface area contributed by atoms with Crippen molar-refractivity contribution in [1.82, 2.24) is 20.7 Å². The van der Waals surface area contributed by atoms with Crippen molar-refractivity contribution in [2.24, 2.45) is 5.10 Å². The van der Waals surface area contributed by atoms with Gasteiger partial charge in [0.15, 0.2) is 0 Å². The molecule has 1 aliphatic rings. The van der Waals surface area contributed by atoms with E-state index in [1.54, 1.807) is 18.6 Å². The number of aromatic amines is 1. The Kier molecular flexibility index (Phi) is 4.03. The lowest BCUT2D eigenvalue weighted by Gasteiger charge is -2.27. The van der Waals surface area contributed by atoms with E-state index in [4.69, 9.17) is 0 Å². The Morgan fingerprint density at radius 2 is 2.08 bits per heavy atom. The highest BCUT2D eigenvalue weighted by atomic mass is 16.2. The van der Waals surface area contributed by atoms with Gasteiger partial charge in [-0.1, -0.05) is 18.2 Å². The van der Waals surface area contributed by atoms with Crippen molar-refractivity contribution in [2.75, 3.05) is 0 Å². The molecule has 6 nitrogen and oxygen atoms in total. The third-order valence-corrected chi connectivity index (χ3v) is 4.55. The van der Waals surface area contributed by atoms with Gasteiger partial charge in [0, 0.05) is 35.0 Å². The molecular formula is C19H19N5O. The number of hydrogen-bond donors (Lipinski definition) is 3. The summed E-state index contributed by atoms with van der Waals surface area (Å²) in [4.78, 5) is 19.9. The molecule has 2 aromatic heterocycles. The zero-order valence-electron chi connectivity index (χ0n) is 13.9. The van der Waals surface area contributed by atoms with E-state index in [1.165, 1.54) is 10.9 Å². The lowest BCUT2D eigenvalue weighted by Crippen LogP contribution is -2.47. The quantitative estimate of drug-likeness (QED) is 0.508. The van der Waals surface area contributed by atoms with Crippen LogP contribution in [0, 0.1) is 0 Å². The number of amides is 1. The first-order valence-electron chi connectivity index (χ1n) is 8.31. The first kappa shape index (κ1) is 15.5. The van der Waals surface area contributed by atoms with Crippen molar-refractivity contribution >= 4 is 23.0 Å². The number of benzene rings is 1. The maximum atomic E-state index is 12.5. The molecule has 1 aliphatic heterocycles. The van der Waals surface area contributed by atoms with Gasteiger partial charge in [0.25, 0.3) is 5.91 Å². The molecule has 3 N–H and O–H groups in total. The van der Waals surface area contributed by atoms with E-state index in [1.807, 2.05) is 24.3 Å². The van der Waals surface area contributed by atoms with Crippen LogP contribution >= 0.6 is 0 Å². The minimum absolute atomic E-state index is 0.0797. The van der Waals surface area contributed by atoms with Crippen molar-refractivity contribution in [2.45, 2.75) is 25.4 Å². The first-order chi connectivity index (χ1) is 12.2. The molecule has 1 amide bonds. The topological polar surface area (TPSA) is 82.2 Å². The molecule has 3 aromatic rings. The highest BCUT2D eigenvalue weighted by molar-refractivity contribution is 5.89. The number of hydrazone groups is 1. The maximum Gasteiger partial charge on any atom is 0.257 e. The highest BCUT2D eigenvalue weighted by Crippen LogP contribution is 2.31. The van der Waals surface area contributed by atoms with Crippen molar-refractivity contribution in [1.29, 1.82) is 0 Å². The van der Waals surface area contributed by atoms with Crippen molar-refractivity contribution in [3.8, 4) is 0 Å². The second-order valence-corrected chi connectivity index (χ2v) is 6.22. The molecule has 2 atom stereocenters. The summed E-state index contributed by atoms with van der Waals surface area (Å²) in [6.07, 6.45) is 5.63. The van der Waals surface area contributed by atoms with Crippen molar-refractivity contribution < 1.29 is 4.79 Å². The number of carbonyl (C=O) groups excluding carboxylic acids is 1. The maximum absolute atomic E-state index is 12.5. The van der Waals surface area contributed by atoms with Gasteiger partial charge < -0.3 is 4.98 Å². The third-order valence-electron chi connectivity index (χ3n) is 4.55. The van der Waals surface area contributed by atoms with Gasteiger partial charge in [0.1, 0.15) is 0 Å². The molecular weight excluding hydrogens is 314 g/mol. The number of para-hydroxylation sites is 1. The van der Waals surface area contributed by atoms with Gasteiger partial charge in [0.2, 0.25) is 0 Å². The van der Waals surface area contributed by atoms with E-state index < -0.39 is 0 Å². The summed E-state index contributed by atoms with van der Waals surface area (Å²) in [6.45, 7) is 2.06. The van der Waals surface area contributed by atoms with Gasteiger partial charge >= 0.3 is 0 Å². The number of hydrogen-bond acceptors (Lipinski definition) is 4. The third kappa shape index (κ3) is 3.04. The molecule has 0 radical (unpaired) electrons. The van der Waals surface area contributed by atoms with Crippen LogP contribution in [0.3, 0.4) is 0 Å². The molecule has 0 saturated heterocycles. The van der Waals surface area contributed by atoms with Crippen molar-refractivity contribution in [3.63, 3.8) is 0 Å². The minimum atomic E-state index is -0.309. The summed E-state index contributed by atoms with van der Waals surface area (Å²) in [5.74, 6) is -0.131. The van der Waals surface area contributed by atoms with Crippen LogP contribution in [0.15, 0.2) is 53.9 Å². The summed E-state index contributed by atoms with van der Waals surface area (Å²) in [7, 11) is 0. The summed E-state index contributed by atoms with van der Waals surface area (Å²) in [5.41, 5.74) is 6.99. The lowest BCUT2D eigenvalue weighted by atomic mass is 9.94. The van der Waals surface area contributed by atoms with E-state index in [9.17, 15) is 4.79 Å². The minimum Gasteiger partial charge on any atom is -0.357 e. The van der Waals surface area contributed by atoms with E-state index in [0.29, 0.717) is 6.42 Å². The second-order valence-electron chi connectivity index (χ2n) is 6.22. The Morgan fingerprint density at radius 1 is 1.28 bits per heavy atom. The molecule has 4 rings (SSSR count). The standard InChI is InChI=1S/C19H19N5O/c1-12-18-15(14-4-2-3-5-16(14)23-18)10-17(22-12)19(25)24-21-11-13-6-8-20-9-7-13/h2-9,11-12,17,22-23H,10H2,1H3,(H,24,25)/b21-11+/t12-,17-/m0/s1. The van der Waals surface area contributed by atoms with Gasteiger partial charge in [-0.15, -0.1) is 0 Å². The molecule has 0 spiro atoms. The van der Waals surface area contributed by atoms with Gasteiger partial charge in [-0.05, 0) is 42.7 Å². The van der Waals surface area contributed by atoms with Crippen LogP contribution in [0.4, 0.5) is 0 Å². The largest absolute Gasteiger partial charge is 0.357 e. The number of nitrogens with one attached hydrogen (secondary N) is 3. The Hall–Kier alpha value is -2.99. The first-order valence-corrected chi connectivity index (χ1v) is 8.31. The highest BCUT2D eigenvalue weighted by Gasteiger charge is 2.30. The monoisotopic (exact) mass is 333 g/mol. The van der Waals surface area contributed by atoms with Crippen LogP contribution in [0.2, 0.25) is 0 Å². The van der Waals surface area contributed by atoms with Crippen LogP contribution in [-0.4, -0.2) is 28.1 Å². The molecule has 3 heterocycles. The molecule has 25 heavy (non-hydrogen) atoms. The van der Waals surface area contributed by atoms with Gasteiger partial charge in [-0.3, -0.25) is 15.1 Å². The Balaban J connectivity index is 1.50. The SMILES string of the molecule is C[C@@H]1N[C@H](C(=O)N/N=C/c2ccncc2)Cc2c1[nH]c1ccccc21. The number of aromatic nitrogens is 2. The fraction of sp³-hybridized carbons (Fsp3) is 0.211. The molecule has 126 valence electrons. The van der Waals surface area contributed by atoms with E-state index in [0.717, 1.165) is 16.8 Å². The van der Waals surface area contributed by atoms with E-state index in [-0.39, 0.29) is 18.0 Å². The zero-order valence-corrected chi connectivity index (χ0v) is 13.9. The number of fused-ring (bicyclic) bond motifs is 3. The molecule has 0 aliphatic carbocycles. The summed E-state index contributed by atoms with van der Waals surface area (Å²) < 4.78 is 0. The Morgan fingerprint density at radius 3 is 2.92 bits per heavy atom. The molecule has 6 heteroatoms. The van der Waals surface area contributed by atoms with Gasteiger partial charge in [0.05, 0.1) is 12.3 Å². The van der Waals surface area contributed by atoms with Crippen LogP contribution in [-0.2, 0) is 11.2 Å². The summed E-state index contributed by atoms with van der Waals surface area (Å²) in [6, 6.07) is 11.6.